The van der Waals surface area contributed by atoms with E-state index in [2.05, 4.69) is 30.7 Å². The van der Waals surface area contributed by atoms with E-state index < -0.39 is 10.0 Å². The monoisotopic (exact) mass is 344 g/mol. The van der Waals surface area contributed by atoms with Crippen LogP contribution in [0, 0.1) is 0 Å². The van der Waals surface area contributed by atoms with Crippen molar-refractivity contribution < 1.29 is 8.42 Å². The van der Waals surface area contributed by atoms with E-state index >= 15 is 0 Å². The van der Waals surface area contributed by atoms with Crippen LogP contribution in [0.4, 0.5) is 5.82 Å². The van der Waals surface area contributed by atoms with Crippen molar-refractivity contribution in [1.82, 2.24) is 14.8 Å². The Morgan fingerprint density at radius 3 is 2.74 bits per heavy atom. The Bertz CT molecular complexity index is 682. The van der Waals surface area contributed by atoms with E-state index in [0.717, 1.165) is 0 Å². The van der Waals surface area contributed by atoms with Crippen LogP contribution in [0.25, 0.3) is 0 Å². The van der Waals surface area contributed by atoms with Crippen LogP contribution in [-0.2, 0) is 10.0 Å². The molecule has 0 aromatic carbocycles. The molecule has 0 aliphatic rings. The molecule has 102 valence electrons. The average molecular weight is 345 g/mol. The first-order valence-electron chi connectivity index (χ1n) is 5.57. The Morgan fingerprint density at radius 2 is 2.16 bits per heavy atom. The zero-order valence-corrected chi connectivity index (χ0v) is 12.8. The smallest absolute Gasteiger partial charge is 0.266 e. The van der Waals surface area contributed by atoms with E-state index in [9.17, 15) is 8.42 Å². The van der Waals surface area contributed by atoms with E-state index in [1.54, 1.807) is 16.8 Å². The normalized spacial score (nSPS) is 11.8. The van der Waals surface area contributed by atoms with Gasteiger partial charge < -0.3 is 0 Å². The number of rotatable bonds is 4. The first-order chi connectivity index (χ1) is 8.90. The highest BCUT2D eigenvalue weighted by atomic mass is 79.9. The van der Waals surface area contributed by atoms with Crippen LogP contribution < -0.4 is 4.72 Å². The molecule has 0 spiro atoms. The summed E-state index contributed by atoms with van der Waals surface area (Å²) in [6.07, 6.45) is 4.32. The van der Waals surface area contributed by atoms with Crippen LogP contribution in [0.1, 0.15) is 19.9 Å². The molecule has 2 aromatic rings. The zero-order valence-electron chi connectivity index (χ0n) is 10.4. The van der Waals surface area contributed by atoms with E-state index in [-0.39, 0.29) is 16.8 Å². The van der Waals surface area contributed by atoms with Gasteiger partial charge in [0.05, 0.1) is 10.7 Å². The predicted molar refractivity (Wildman–Crippen MR) is 75.4 cm³/mol. The number of nitrogens with one attached hydrogen (secondary N) is 1. The molecule has 0 amide bonds. The Hall–Kier alpha value is -1.41. The van der Waals surface area contributed by atoms with E-state index in [1.165, 1.54) is 18.6 Å². The van der Waals surface area contributed by atoms with Gasteiger partial charge in [-0.25, -0.2) is 13.4 Å². The molecule has 6 nitrogen and oxygen atoms in total. The molecule has 0 saturated carbocycles. The second-order valence-corrected chi connectivity index (χ2v) is 6.73. The highest BCUT2D eigenvalue weighted by Gasteiger charge is 2.18. The molecule has 2 aromatic heterocycles. The number of halogens is 1. The summed E-state index contributed by atoms with van der Waals surface area (Å²) < 4.78 is 28.9. The summed E-state index contributed by atoms with van der Waals surface area (Å²) >= 11 is 3.24. The van der Waals surface area contributed by atoms with Crippen LogP contribution >= 0.6 is 15.9 Å². The maximum absolute atomic E-state index is 12.2. The van der Waals surface area contributed by atoms with Crippen molar-refractivity contribution in [3.8, 4) is 0 Å². The summed E-state index contributed by atoms with van der Waals surface area (Å²) in [5, 5.41) is 4.01. The first-order valence-corrected chi connectivity index (χ1v) is 7.85. The third-order valence-electron chi connectivity index (χ3n) is 2.41. The third-order valence-corrected chi connectivity index (χ3v) is 4.34. The molecule has 0 aliphatic carbocycles. The minimum atomic E-state index is -3.67. The predicted octanol–water partition coefficient (Wildman–Crippen LogP) is 2.42. The maximum atomic E-state index is 12.2. The largest absolute Gasteiger partial charge is 0.269 e. The number of hydrogen-bond acceptors (Lipinski definition) is 4. The molecular formula is C11H13BrN4O2S. The van der Waals surface area contributed by atoms with E-state index in [4.69, 9.17) is 0 Å². The Kier molecular flexibility index (Phi) is 3.91. The highest BCUT2D eigenvalue weighted by molar-refractivity contribution is 9.10. The summed E-state index contributed by atoms with van der Waals surface area (Å²) in [4.78, 5) is 4.08. The molecule has 0 unspecified atom stereocenters. The van der Waals surface area contributed by atoms with Crippen LogP contribution in [0.5, 0.6) is 0 Å². The van der Waals surface area contributed by atoms with Crippen LogP contribution in [0.3, 0.4) is 0 Å². The second kappa shape index (κ2) is 5.30. The standard InChI is InChI=1S/C11H13BrN4O2S/c1-8(2)16-7-9(6-14-16)19(17,18)15-11-10(12)4-3-5-13-11/h3-8H,1-2H3,(H,13,15). The summed E-state index contributed by atoms with van der Waals surface area (Å²) in [7, 11) is -3.67. The van der Waals surface area contributed by atoms with Gasteiger partial charge in [-0.3, -0.25) is 9.40 Å². The van der Waals surface area contributed by atoms with Crippen molar-refractivity contribution in [2.45, 2.75) is 24.8 Å². The lowest BCUT2D eigenvalue weighted by Gasteiger charge is -2.07. The van der Waals surface area contributed by atoms with Gasteiger partial charge in [-0.2, -0.15) is 5.10 Å². The summed E-state index contributed by atoms with van der Waals surface area (Å²) in [5.41, 5.74) is 0. The molecule has 0 radical (unpaired) electrons. The fraction of sp³-hybridized carbons (Fsp3) is 0.273. The van der Waals surface area contributed by atoms with Gasteiger partial charge in [-0.15, -0.1) is 0 Å². The molecule has 0 aliphatic heterocycles. The fourth-order valence-corrected chi connectivity index (χ4v) is 2.84. The number of sulfonamides is 1. The van der Waals surface area contributed by atoms with E-state index in [0.29, 0.717) is 4.47 Å². The number of pyridine rings is 1. The molecule has 8 heteroatoms. The number of hydrogen-bond donors (Lipinski definition) is 1. The van der Waals surface area contributed by atoms with Gasteiger partial charge >= 0.3 is 0 Å². The van der Waals surface area contributed by atoms with Gasteiger partial charge in [0, 0.05) is 18.4 Å². The topological polar surface area (TPSA) is 76.9 Å². The Morgan fingerprint density at radius 1 is 1.42 bits per heavy atom. The number of nitrogens with zero attached hydrogens (tertiary/aromatic N) is 3. The van der Waals surface area contributed by atoms with Gasteiger partial charge in [-0.1, -0.05) is 0 Å². The Labute approximate surface area is 120 Å². The first kappa shape index (κ1) is 14.0. The van der Waals surface area contributed by atoms with Gasteiger partial charge in [0.25, 0.3) is 10.0 Å². The van der Waals surface area contributed by atoms with Gasteiger partial charge in [0.15, 0.2) is 5.82 Å². The van der Waals surface area contributed by atoms with Crippen LogP contribution in [-0.4, -0.2) is 23.2 Å². The average Bonchev–Trinajstić information content (AvgIpc) is 2.82. The molecule has 19 heavy (non-hydrogen) atoms. The molecule has 0 atom stereocenters. The highest BCUT2D eigenvalue weighted by Crippen LogP contribution is 2.22. The lowest BCUT2D eigenvalue weighted by molar-refractivity contribution is 0.531. The summed E-state index contributed by atoms with van der Waals surface area (Å²) in [6, 6.07) is 3.52. The van der Waals surface area contributed by atoms with Crippen molar-refractivity contribution >= 4 is 31.8 Å². The van der Waals surface area contributed by atoms with Crippen molar-refractivity contribution in [1.29, 1.82) is 0 Å². The lowest BCUT2D eigenvalue weighted by Crippen LogP contribution is -2.13. The molecular weight excluding hydrogens is 332 g/mol. The molecule has 0 saturated heterocycles. The molecule has 0 bridgehead atoms. The number of anilines is 1. The quantitative estimate of drug-likeness (QED) is 0.923. The van der Waals surface area contributed by atoms with Crippen LogP contribution in [0.2, 0.25) is 0 Å². The SMILES string of the molecule is CC(C)n1cc(S(=O)(=O)Nc2ncccc2Br)cn1. The van der Waals surface area contributed by atoms with E-state index in [1.807, 2.05) is 13.8 Å². The van der Waals surface area contributed by atoms with Crippen molar-refractivity contribution in [3.05, 3.63) is 35.2 Å². The molecule has 2 heterocycles. The Balaban J connectivity index is 2.30. The lowest BCUT2D eigenvalue weighted by atomic mass is 10.4. The van der Waals surface area contributed by atoms with Crippen molar-refractivity contribution in [2.75, 3.05) is 4.72 Å². The number of aromatic nitrogens is 3. The maximum Gasteiger partial charge on any atom is 0.266 e. The third kappa shape index (κ3) is 3.13. The van der Waals surface area contributed by atoms with Gasteiger partial charge in [0.1, 0.15) is 4.90 Å². The summed E-state index contributed by atoms with van der Waals surface area (Å²) in [6.45, 7) is 3.85. The zero-order chi connectivity index (χ0) is 14.0. The second-order valence-electron chi connectivity index (χ2n) is 4.19. The minimum Gasteiger partial charge on any atom is -0.269 e. The van der Waals surface area contributed by atoms with Crippen molar-refractivity contribution in [3.63, 3.8) is 0 Å². The fourth-order valence-electron chi connectivity index (χ4n) is 1.39. The minimum absolute atomic E-state index is 0.102. The molecule has 2 rings (SSSR count). The molecule has 1 N–H and O–H groups in total. The van der Waals surface area contributed by atoms with Crippen LogP contribution in [0.15, 0.2) is 40.1 Å². The van der Waals surface area contributed by atoms with Crippen molar-refractivity contribution in [2.24, 2.45) is 0 Å². The summed E-state index contributed by atoms with van der Waals surface area (Å²) in [5.74, 6) is 0.250. The van der Waals surface area contributed by atoms with Gasteiger partial charge in [0.2, 0.25) is 0 Å². The van der Waals surface area contributed by atoms with Gasteiger partial charge in [-0.05, 0) is 41.9 Å². The molecule has 0 fully saturated rings.